The Morgan fingerprint density at radius 3 is 2.60 bits per heavy atom. The maximum Gasteiger partial charge on any atom is 0.311 e. The van der Waals surface area contributed by atoms with Crippen molar-refractivity contribution in [3.8, 4) is 5.75 Å². The second-order valence-corrected chi connectivity index (χ2v) is 5.80. The fourth-order valence-electron chi connectivity index (χ4n) is 2.30. The van der Waals surface area contributed by atoms with E-state index in [0.29, 0.717) is 11.2 Å². The fourth-order valence-corrected chi connectivity index (χ4v) is 2.30. The number of anilines is 1. The molecule has 0 aromatic carbocycles. The number of nitrogens with zero attached hydrogens (tertiary/aromatic N) is 4. The number of nitroso groups, excluding NO2 is 1. The number of rotatable bonds is 4. The van der Waals surface area contributed by atoms with E-state index in [-0.39, 0.29) is 12.4 Å². The Morgan fingerprint density at radius 1 is 1.40 bits per heavy atom. The average Bonchev–Trinajstić information content (AvgIpc) is 2.41. The van der Waals surface area contributed by atoms with Gasteiger partial charge >= 0.3 is 5.56 Å². The van der Waals surface area contributed by atoms with Crippen LogP contribution in [0.1, 0.15) is 26.7 Å². The summed E-state index contributed by atoms with van der Waals surface area (Å²) in [6.45, 7) is 5.93. The van der Waals surface area contributed by atoms with Crippen LogP contribution in [0.4, 0.5) is 5.82 Å². The van der Waals surface area contributed by atoms with Crippen LogP contribution >= 0.6 is 0 Å². The molecule has 110 valence electrons. The predicted octanol–water partition coefficient (Wildman–Crippen LogP) is 1.60. The summed E-state index contributed by atoms with van der Waals surface area (Å²) < 4.78 is 6.10. The second-order valence-electron chi connectivity index (χ2n) is 5.80. The monoisotopic (exact) mass is 280 g/mol. The van der Waals surface area contributed by atoms with Gasteiger partial charge in [0.2, 0.25) is 0 Å². The summed E-state index contributed by atoms with van der Waals surface area (Å²) >= 11 is 0. The van der Waals surface area contributed by atoms with E-state index < -0.39 is 5.56 Å². The summed E-state index contributed by atoms with van der Waals surface area (Å²) in [5.74, 6) is 0.837. The number of hydrogen-bond acceptors (Lipinski definition) is 6. The third-order valence-electron chi connectivity index (χ3n) is 3.78. The number of aromatic nitrogens is 2. The lowest BCUT2D eigenvalue weighted by Gasteiger charge is -2.37. The van der Waals surface area contributed by atoms with Gasteiger partial charge < -0.3 is 9.64 Å². The zero-order valence-corrected chi connectivity index (χ0v) is 12.1. The van der Waals surface area contributed by atoms with Crippen molar-refractivity contribution in [1.82, 2.24) is 9.78 Å². The van der Waals surface area contributed by atoms with Crippen LogP contribution in [0.15, 0.2) is 16.0 Å². The molecule has 1 aromatic rings. The Hall–Kier alpha value is -1.92. The third kappa shape index (κ3) is 2.97. The Bertz CT molecular complexity index is 543. The molecule has 2 rings (SSSR count). The van der Waals surface area contributed by atoms with Crippen molar-refractivity contribution in [3.05, 3.63) is 21.3 Å². The molecule has 0 unspecified atom stereocenters. The van der Waals surface area contributed by atoms with Crippen LogP contribution in [0, 0.1) is 10.3 Å². The van der Waals surface area contributed by atoms with Crippen molar-refractivity contribution >= 4 is 5.82 Å². The molecule has 7 nitrogen and oxygen atoms in total. The molecule has 1 aromatic heterocycles. The van der Waals surface area contributed by atoms with Crippen molar-refractivity contribution in [2.75, 3.05) is 25.1 Å². The highest BCUT2D eigenvalue weighted by molar-refractivity contribution is 5.42. The van der Waals surface area contributed by atoms with Gasteiger partial charge in [0.1, 0.15) is 0 Å². The highest BCUT2D eigenvalue weighted by Crippen LogP contribution is 2.31. The number of piperidine rings is 1. The number of methoxy groups -OCH3 is 1. The van der Waals surface area contributed by atoms with Crippen LogP contribution in [0.5, 0.6) is 5.75 Å². The zero-order valence-electron chi connectivity index (χ0n) is 12.1. The van der Waals surface area contributed by atoms with E-state index in [9.17, 15) is 9.70 Å². The lowest BCUT2D eigenvalue weighted by atomic mass is 9.83. The summed E-state index contributed by atoms with van der Waals surface area (Å²) in [4.78, 5) is 24.4. The van der Waals surface area contributed by atoms with E-state index in [1.54, 1.807) is 6.07 Å². The van der Waals surface area contributed by atoms with Crippen molar-refractivity contribution in [2.24, 2.45) is 10.6 Å². The average molecular weight is 280 g/mol. The molecule has 0 amide bonds. The molecule has 0 radical (unpaired) electrons. The van der Waals surface area contributed by atoms with Gasteiger partial charge in [-0.05, 0) is 23.4 Å². The molecular weight excluding hydrogens is 260 g/mol. The van der Waals surface area contributed by atoms with Gasteiger partial charge in [-0.25, -0.2) is 0 Å². The van der Waals surface area contributed by atoms with Gasteiger partial charge in [-0.1, -0.05) is 13.8 Å². The van der Waals surface area contributed by atoms with E-state index >= 15 is 0 Å². The molecule has 1 aliphatic heterocycles. The normalized spacial score (nSPS) is 17.9. The summed E-state index contributed by atoms with van der Waals surface area (Å²) in [6.07, 6.45) is 2.12. The van der Waals surface area contributed by atoms with Crippen LogP contribution in [-0.4, -0.2) is 30.0 Å². The molecule has 0 saturated carbocycles. The third-order valence-corrected chi connectivity index (χ3v) is 3.78. The highest BCUT2D eigenvalue weighted by atomic mass is 16.5. The van der Waals surface area contributed by atoms with E-state index in [2.05, 4.69) is 29.0 Å². The molecule has 1 aliphatic rings. The van der Waals surface area contributed by atoms with Gasteiger partial charge in [-0.2, -0.15) is 4.68 Å². The smallest absolute Gasteiger partial charge is 0.311 e. The highest BCUT2D eigenvalue weighted by Gasteiger charge is 2.26. The van der Waals surface area contributed by atoms with Crippen LogP contribution in [-0.2, 0) is 6.67 Å². The van der Waals surface area contributed by atoms with Gasteiger partial charge in [0.15, 0.2) is 18.2 Å². The van der Waals surface area contributed by atoms with Gasteiger partial charge in [-0.15, -0.1) is 10.0 Å². The SMILES string of the molecule is COc1cc(N2CCC(C)(C)CC2)nn(CN=O)c1=O. The molecule has 7 heteroatoms. The number of ether oxygens (including phenoxy) is 1. The van der Waals surface area contributed by atoms with E-state index in [4.69, 9.17) is 4.74 Å². The van der Waals surface area contributed by atoms with Gasteiger partial charge in [0, 0.05) is 19.2 Å². The molecule has 0 aliphatic carbocycles. The van der Waals surface area contributed by atoms with Gasteiger partial charge in [-0.3, -0.25) is 4.79 Å². The topological polar surface area (TPSA) is 76.8 Å². The molecule has 0 bridgehead atoms. The summed E-state index contributed by atoms with van der Waals surface area (Å²) in [5, 5.41) is 6.93. The molecule has 0 atom stereocenters. The van der Waals surface area contributed by atoms with Crippen LogP contribution < -0.4 is 15.2 Å². The molecule has 1 saturated heterocycles. The van der Waals surface area contributed by atoms with Crippen molar-refractivity contribution in [2.45, 2.75) is 33.4 Å². The lowest BCUT2D eigenvalue weighted by Crippen LogP contribution is -2.39. The standard InChI is InChI=1S/C13H20N4O3/c1-13(2)4-6-16(7-5-13)11-8-10(20-3)12(18)17(15-11)9-14-19/h8H,4-7,9H2,1-3H3. The Balaban J connectivity index is 2.30. The minimum atomic E-state index is -0.437. The van der Waals surface area contributed by atoms with Crippen LogP contribution in [0.3, 0.4) is 0 Å². The summed E-state index contributed by atoms with van der Waals surface area (Å²) in [5.41, 5.74) is -0.104. The summed E-state index contributed by atoms with van der Waals surface area (Å²) in [7, 11) is 1.43. The first-order valence-electron chi connectivity index (χ1n) is 6.67. The zero-order chi connectivity index (χ0) is 14.8. The first kappa shape index (κ1) is 14.5. The molecule has 1 fully saturated rings. The van der Waals surface area contributed by atoms with Crippen molar-refractivity contribution in [1.29, 1.82) is 0 Å². The Labute approximate surface area is 117 Å². The second kappa shape index (κ2) is 5.60. The first-order chi connectivity index (χ1) is 9.46. The minimum absolute atomic E-state index is 0.184. The van der Waals surface area contributed by atoms with Crippen molar-refractivity contribution < 1.29 is 4.74 Å². The fraction of sp³-hybridized carbons (Fsp3) is 0.692. The Kier molecular flexibility index (Phi) is 4.06. The Morgan fingerprint density at radius 2 is 2.05 bits per heavy atom. The lowest BCUT2D eigenvalue weighted by molar-refractivity contribution is 0.278. The molecule has 0 N–H and O–H groups in total. The van der Waals surface area contributed by atoms with E-state index in [0.717, 1.165) is 30.6 Å². The summed E-state index contributed by atoms with van der Waals surface area (Å²) in [6, 6.07) is 1.63. The quantitative estimate of drug-likeness (QED) is 0.783. The maximum absolute atomic E-state index is 11.9. The number of hydrogen-bond donors (Lipinski definition) is 0. The van der Waals surface area contributed by atoms with E-state index in [1.165, 1.54) is 7.11 Å². The predicted molar refractivity (Wildman–Crippen MR) is 76.1 cm³/mol. The molecular formula is C13H20N4O3. The van der Waals surface area contributed by atoms with Gasteiger partial charge in [0.05, 0.1) is 7.11 Å². The van der Waals surface area contributed by atoms with Crippen molar-refractivity contribution in [3.63, 3.8) is 0 Å². The van der Waals surface area contributed by atoms with Crippen LogP contribution in [0.2, 0.25) is 0 Å². The first-order valence-corrected chi connectivity index (χ1v) is 6.67. The minimum Gasteiger partial charge on any atom is -0.491 e. The van der Waals surface area contributed by atoms with Crippen LogP contribution in [0.25, 0.3) is 0 Å². The van der Waals surface area contributed by atoms with E-state index in [1.807, 2.05) is 0 Å². The van der Waals surface area contributed by atoms with Gasteiger partial charge in [0.25, 0.3) is 0 Å². The maximum atomic E-state index is 11.9. The molecule has 0 spiro atoms. The largest absolute Gasteiger partial charge is 0.491 e. The molecule has 20 heavy (non-hydrogen) atoms. The molecule has 2 heterocycles.